The second kappa shape index (κ2) is 17.4. The van der Waals surface area contributed by atoms with Crippen molar-refractivity contribution in [3.05, 3.63) is 0 Å². The van der Waals surface area contributed by atoms with E-state index in [0.29, 0.717) is 6.54 Å². The van der Waals surface area contributed by atoms with Crippen LogP contribution in [0.2, 0.25) is 0 Å². The molecule has 0 bridgehead atoms. The number of ketones is 1. The number of aldehydes is 1. The molecule has 0 aliphatic heterocycles. The zero-order valence-corrected chi connectivity index (χ0v) is 9.68. The molecule has 80 valence electrons. The number of nitrogens with one attached hydrogen (secondary N) is 1. The van der Waals surface area contributed by atoms with E-state index in [2.05, 4.69) is 5.32 Å². The number of hydrogen-bond donors (Lipinski definition) is 1. The number of Topliss-reactive ketones (excluding diaryl/α,β-unsaturated/α-hetero) is 1. The summed E-state index contributed by atoms with van der Waals surface area (Å²) in [5.41, 5.74) is 0. The number of likely N-dealkylation sites (N-methyl/N-ethyl adjacent to an activating group) is 1. The van der Waals surface area contributed by atoms with Crippen molar-refractivity contribution in [2.75, 3.05) is 13.6 Å². The summed E-state index contributed by atoms with van der Waals surface area (Å²) in [4.78, 5) is 19.5. The first-order valence-electron chi connectivity index (χ1n) is 4.63. The number of hydrogen-bond acceptors (Lipinski definition) is 3. The van der Waals surface area contributed by atoms with Gasteiger partial charge in [-0.1, -0.05) is 27.7 Å². The van der Waals surface area contributed by atoms with Gasteiger partial charge < -0.3 is 10.1 Å². The van der Waals surface area contributed by atoms with Crippen molar-refractivity contribution in [3.8, 4) is 0 Å². The minimum atomic E-state index is 0.178. The van der Waals surface area contributed by atoms with Gasteiger partial charge in [0.05, 0.1) is 6.54 Å². The Morgan fingerprint density at radius 1 is 1.38 bits per heavy atom. The predicted octanol–water partition coefficient (Wildman–Crippen LogP) is 1.66. The summed E-state index contributed by atoms with van der Waals surface area (Å²) >= 11 is 0. The number of carbonyl (C=O) groups is 2. The lowest BCUT2D eigenvalue weighted by Crippen LogP contribution is -2.14. The summed E-state index contributed by atoms with van der Waals surface area (Å²) in [7, 11) is 1.75. The van der Waals surface area contributed by atoms with Gasteiger partial charge in [0.25, 0.3) is 0 Å². The highest BCUT2D eigenvalue weighted by Crippen LogP contribution is 1.78. The summed E-state index contributed by atoms with van der Waals surface area (Å²) in [6.07, 6.45) is 0.917. The van der Waals surface area contributed by atoms with E-state index in [4.69, 9.17) is 0 Å². The molecule has 0 saturated heterocycles. The van der Waals surface area contributed by atoms with Gasteiger partial charge in [-0.05, 0) is 14.0 Å². The van der Waals surface area contributed by atoms with Crippen molar-refractivity contribution in [1.29, 1.82) is 0 Å². The second-order valence-corrected chi connectivity index (χ2v) is 2.61. The highest BCUT2D eigenvalue weighted by Gasteiger charge is 1.82. The molecule has 0 saturated carbocycles. The molecule has 0 spiro atoms. The van der Waals surface area contributed by atoms with Crippen LogP contribution in [0, 0.1) is 5.92 Å². The molecule has 0 aromatic rings. The standard InChI is InChI=1S/C4H9NO.C4H8O.C2H6/c1-4(6)3-5-2;1-4(2)3-5;1-2/h5H,3H2,1-2H3;3-4H,1-2H3;1-2H3. The molecular weight excluding hydrogens is 166 g/mol. The van der Waals surface area contributed by atoms with Crippen molar-refractivity contribution < 1.29 is 9.59 Å². The van der Waals surface area contributed by atoms with Crippen molar-refractivity contribution in [3.63, 3.8) is 0 Å². The summed E-state index contributed by atoms with van der Waals surface area (Å²) < 4.78 is 0. The van der Waals surface area contributed by atoms with Crippen LogP contribution in [0.5, 0.6) is 0 Å². The van der Waals surface area contributed by atoms with E-state index in [1.165, 1.54) is 0 Å². The molecule has 3 nitrogen and oxygen atoms in total. The third kappa shape index (κ3) is 52.9. The van der Waals surface area contributed by atoms with E-state index in [1.54, 1.807) is 14.0 Å². The quantitative estimate of drug-likeness (QED) is 0.687. The molecule has 0 aromatic heterocycles. The van der Waals surface area contributed by atoms with E-state index in [1.807, 2.05) is 27.7 Å². The summed E-state index contributed by atoms with van der Waals surface area (Å²) in [5.74, 6) is 0.382. The first kappa shape index (κ1) is 18.2. The van der Waals surface area contributed by atoms with E-state index < -0.39 is 0 Å². The molecule has 0 rings (SSSR count). The molecular formula is C10H23NO2. The van der Waals surface area contributed by atoms with Crippen molar-refractivity contribution >= 4 is 12.1 Å². The van der Waals surface area contributed by atoms with Gasteiger partial charge in [-0.25, -0.2) is 0 Å². The maximum Gasteiger partial charge on any atom is 0.143 e. The first-order valence-corrected chi connectivity index (χ1v) is 4.63. The normalized spacial score (nSPS) is 7.62. The van der Waals surface area contributed by atoms with Crippen LogP contribution in [0.3, 0.4) is 0 Å². The van der Waals surface area contributed by atoms with Gasteiger partial charge in [0.1, 0.15) is 12.1 Å². The van der Waals surface area contributed by atoms with Gasteiger partial charge in [0.15, 0.2) is 0 Å². The van der Waals surface area contributed by atoms with Gasteiger partial charge in [0.2, 0.25) is 0 Å². The third-order valence-electron chi connectivity index (χ3n) is 0.698. The van der Waals surface area contributed by atoms with Gasteiger partial charge in [0, 0.05) is 5.92 Å². The van der Waals surface area contributed by atoms with Crippen molar-refractivity contribution in [1.82, 2.24) is 5.32 Å². The Bertz CT molecular complexity index is 111. The number of rotatable bonds is 3. The van der Waals surface area contributed by atoms with Crippen LogP contribution in [-0.4, -0.2) is 25.7 Å². The molecule has 0 unspecified atom stereocenters. The highest BCUT2D eigenvalue weighted by molar-refractivity contribution is 5.77. The molecule has 0 atom stereocenters. The van der Waals surface area contributed by atoms with E-state index in [-0.39, 0.29) is 11.7 Å². The SMILES string of the molecule is CC.CC(C)C=O.CNCC(C)=O. The van der Waals surface area contributed by atoms with E-state index >= 15 is 0 Å². The lowest BCUT2D eigenvalue weighted by Gasteiger charge is -1.85. The van der Waals surface area contributed by atoms with Crippen LogP contribution in [0.4, 0.5) is 0 Å². The first-order chi connectivity index (χ1) is 6.04. The monoisotopic (exact) mass is 189 g/mol. The fourth-order valence-electron chi connectivity index (χ4n) is 0.249. The van der Waals surface area contributed by atoms with Crippen LogP contribution < -0.4 is 5.32 Å². The molecule has 0 aliphatic carbocycles. The summed E-state index contributed by atoms with van der Waals surface area (Å²) in [6.45, 7) is 9.75. The lowest BCUT2D eigenvalue weighted by molar-refractivity contribution is -0.116. The molecule has 0 amide bonds. The van der Waals surface area contributed by atoms with Gasteiger partial charge >= 0.3 is 0 Å². The van der Waals surface area contributed by atoms with Gasteiger partial charge in [-0.2, -0.15) is 0 Å². The fourth-order valence-corrected chi connectivity index (χ4v) is 0.249. The molecule has 13 heavy (non-hydrogen) atoms. The Kier molecular flexibility index (Phi) is 24.3. The minimum Gasteiger partial charge on any atom is -0.313 e. The van der Waals surface area contributed by atoms with E-state index in [9.17, 15) is 9.59 Å². The van der Waals surface area contributed by atoms with Gasteiger partial charge in [-0.3, -0.25) is 4.79 Å². The topological polar surface area (TPSA) is 46.2 Å². The Hall–Kier alpha value is -0.700. The van der Waals surface area contributed by atoms with Crippen LogP contribution in [0.15, 0.2) is 0 Å². The van der Waals surface area contributed by atoms with E-state index in [0.717, 1.165) is 6.29 Å². The largest absolute Gasteiger partial charge is 0.313 e. The Balaban J connectivity index is -0.000000131. The maximum atomic E-state index is 9.98. The highest BCUT2D eigenvalue weighted by atomic mass is 16.1. The van der Waals surface area contributed by atoms with Crippen molar-refractivity contribution in [2.24, 2.45) is 5.92 Å². The molecule has 0 aromatic carbocycles. The lowest BCUT2D eigenvalue weighted by atomic mass is 10.3. The maximum absolute atomic E-state index is 9.98. The molecule has 3 heteroatoms. The zero-order valence-electron chi connectivity index (χ0n) is 9.68. The fraction of sp³-hybridized carbons (Fsp3) is 0.800. The summed E-state index contributed by atoms with van der Waals surface area (Å²) in [6, 6.07) is 0. The molecule has 0 aliphatic rings. The Morgan fingerprint density at radius 3 is 1.69 bits per heavy atom. The molecule has 1 N–H and O–H groups in total. The third-order valence-corrected chi connectivity index (χ3v) is 0.698. The zero-order chi connectivity index (χ0) is 11.3. The number of carbonyl (C=O) groups excluding carboxylic acids is 2. The van der Waals surface area contributed by atoms with Crippen LogP contribution in [0.25, 0.3) is 0 Å². The summed E-state index contributed by atoms with van der Waals surface area (Å²) in [5, 5.41) is 2.72. The molecule has 0 radical (unpaired) electrons. The smallest absolute Gasteiger partial charge is 0.143 e. The molecule has 0 fully saturated rings. The average Bonchev–Trinajstić information content (AvgIpc) is 2.09. The van der Waals surface area contributed by atoms with Crippen LogP contribution in [-0.2, 0) is 9.59 Å². The minimum absolute atomic E-state index is 0.178. The Labute approximate surface area is 81.9 Å². The van der Waals surface area contributed by atoms with Gasteiger partial charge in [-0.15, -0.1) is 0 Å². The average molecular weight is 189 g/mol. The van der Waals surface area contributed by atoms with Crippen molar-refractivity contribution in [2.45, 2.75) is 34.6 Å². The van der Waals surface area contributed by atoms with Crippen LogP contribution in [0.1, 0.15) is 34.6 Å². The van der Waals surface area contributed by atoms with Crippen LogP contribution >= 0.6 is 0 Å². The predicted molar refractivity (Wildman–Crippen MR) is 56.9 cm³/mol. The second-order valence-electron chi connectivity index (χ2n) is 2.61. The molecule has 0 heterocycles. The Morgan fingerprint density at radius 2 is 1.69 bits per heavy atom.